The summed E-state index contributed by atoms with van der Waals surface area (Å²) in [5, 5.41) is 19.3. The molecular weight excluding hydrogens is 250 g/mol. The largest absolute Gasteiger partial charge is 0.478 e. The van der Waals surface area contributed by atoms with Gasteiger partial charge in [-0.25, -0.2) is 9.59 Å². The molecule has 0 heterocycles. The Morgan fingerprint density at radius 1 is 1.32 bits per heavy atom. The zero-order chi connectivity index (χ0) is 15.2. The van der Waals surface area contributed by atoms with Crippen LogP contribution in [0.15, 0.2) is 11.1 Å². The lowest BCUT2D eigenvalue weighted by atomic mass is 10.1. The minimum atomic E-state index is -1.22. The lowest BCUT2D eigenvalue weighted by Gasteiger charge is -2.22. The van der Waals surface area contributed by atoms with Gasteiger partial charge in [-0.1, -0.05) is 0 Å². The molecule has 3 amide bonds. The second kappa shape index (κ2) is 7.16. The number of imide groups is 1. The number of carbonyl (C=O) groups is 3. The van der Waals surface area contributed by atoms with Gasteiger partial charge < -0.3 is 10.0 Å². The molecule has 0 aromatic heterocycles. The van der Waals surface area contributed by atoms with Crippen molar-refractivity contribution in [2.75, 3.05) is 7.05 Å². The van der Waals surface area contributed by atoms with Crippen molar-refractivity contribution in [3.63, 3.8) is 0 Å². The predicted molar refractivity (Wildman–Crippen MR) is 67.0 cm³/mol. The van der Waals surface area contributed by atoms with Gasteiger partial charge in [0.2, 0.25) is 0 Å². The van der Waals surface area contributed by atoms with Crippen LogP contribution < -0.4 is 5.32 Å². The average Bonchev–Trinajstić information content (AvgIpc) is 2.35. The van der Waals surface area contributed by atoms with Crippen LogP contribution in [0, 0.1) is 11.3 Å². The number of nitrogens with one attached hydrogen (secondary N) is 1. The number of carbonyl (C=O) groups excluding carboxylic acids is 2. The molecule has 1 atom stereocenters. The molecule has 0 bridgehead atoms. The highest BCUT2D eigenvalue weighted by Crippen LogP contribution is 2.05. The van der Waals surface area contributed by atoms with E-state index in [1.54, 1.807) is 6.92 Å². The molecule has 0 aliphatic heterocycles. The van der Waals surface area contributed by atoms with E-state index in [-0.39, 0.29) is 23.6 Å². The van der Waals surface area contributed by atoms with E-state index >= 15 is 0 Å². The van der Waals surface area contributed by atoms with E-state index in [9.17, 15) is 14.4 Å². The van der Waals surface area contributed by atoms with Gasteiger partial charge in [-0.05, 0) is 20.8 Å². The molecule has 19 heavy (non-hydrogen) atoms. The van der Waals surface area contributed by atoms with Gasteiger partial charge in [0.25, 0.3) is 5.91 Å². The number of hydrogen-bond acceptors (Lipinski definition) is 4. The molecule has 0 radical (unpaired) electrons. The van der Waals surface area contributed by atoms with Crippen LogP contribution >= 0.6 is 0 Å². The summed E-state index contributed by atoms with van der Waals surface area (Å²) in [6, 6.07) is 0.898. The van der Waals surface area contributed by atoms with E-state index in [1.165, 1.54) is 25.8 Å². The normalized spacial score (nSPS) is 12.8. The van der Waals surface area contributed by atoms with Gasteiger partial charge in [0.1, 0.15) is 0 Å². The number of carboxylic acid groups (broad SMARTS) is 1. The topological polar surface area (TPSA) is 110 Å². The Morgan fingerprint density at radius 3 is 2.26 bits per heavy atom. The number of carboxylic acids is 1. The Bertz CT molecular complexity index is 462. The van der Waals surface area contributed by atoms with Gasteiger partial charge in [-0.2, -0.15) is 5.26 Å². The van der Waals surface area contributed by atoms with Gasteiger partial charge in [0.15, 0.2) is 0 Å². The second-order valence-electron chi connectivity index (χ2n) is 4.14. The molecule has 1 unspecified atom stereocenters. The second-order valence-corrected chi connectivity index (χ2v) is 4.14. The highest BCUT2D eigenvalue weighted by atomic mass is 16.4. The lowest BCUT2D eigenvalue weighted by molar-refractivity contribution is -0.133. The van der Waals surface area contributed by atoms with Crippen molar-refractivity contribution in [2.45, 2.75) is 33.2 Å². The molecule has 0 rings (SSSR count). The molecule has 0 aromatic carbocycles. The molecule has 0 spiro atoms. The molecule has 0 aliphatic rings. The number of hydrogen-bond donors (Lipinski definition) is 2. The Morgan fingerprint density at radius 2 is 1.84 bits per heavy atom. The Hall–Kier alpha value is -2.36. The van der Waals surface area contributed by atoms with Crippen LogP contribution in [-0.4, -0.2) is 41.0 Å². The van der Waals surface area contributed by atoms with Crippen molar-refractivity contribution >= 4 is 17.9 Å². The summed E-state index contributed by atoms with van der Waals surface area (Å²) in [6.45, 7) is 4.27. The Balaban J connectivity index is 4.76. The Labute approximate surface area is 111 Å². The van der Waals surface area contributed by atoms with Crippen molar-refractivity contribution in [3.8, 4) is 6.07 Å². The molecule has 104 valence electrons. The third-order valence-electron chi connectivity index (χ3n) is 2.81. The number of rotatable bonds is 4. The molecule has 0 aliphatic carbocycles. The maximum Gasteiger partial charge on any atom is 0.331 e. The molecule has 0 aromatic rings. The summed E-state index contributed by atoms with van der Waals surface area (Å²) in [5.41, 5.74) is -0.166. The third-order valence-corrected chi connectivity index (χ3v) is 2.81. The summed E-state index contributed by atoms with van der Waals surface area (Å²) in [6.07, 6.45) is 0.140. The number of nitrogens with zero attached hydrogens (tertiary/aromatic N) is 2. The molecule has 7 nitrogen and oxygen atoms in total. The Kier molecular flexibility index (Phi) is 6.27. The zero-order valence-electron chi connectivity index (χ0n) is 11.4. The van der Waals surface area contributed by atoms with E-state index in [0.717, 1.165) is 0 Å². The van der Waals surface area contributed by atoms with Crippen LogP contribution in [0.2, 0.25) is 0 Å². The monoisotopic (exact) mass is 267 g/mol. The number of aliphatic carboxylic acids is 1. The standard InChI is InChI=1S/C12H17N3O4/c1-7(5-6-13)15(4)12(19)14-10(16)8(2)9(3)11(17)18/h7H,5H2,1-4H3,(H,17,18)(H,14,16,19). The first-order valence-electron chi connectivity index (χ1n) is 5.58. The first kappa shape index (κ1) is 16.6. The SMILES string of the molecule is CC(C(=O)O)=C(C)C(=O)NC(=O)N(C)C(C)CC#N. The maximum absolute atomic E-state index is 11.7. The molecule has 7 heteroatoms. The molecule has 2 N–H and O–H groups in total. The van der Waals surface area contributed by atoms with Crippen molar-refractivity contribution < 1.29 is 19.5 Å². The van der Waals surface area contributed by atoms with Gasteiger partial charge in [-0.3, -0.25) is 10.1 Å². The van der Waals surface area contributed by atoms with Crippen molar-refractivity contribution in [3.05, 3.63) is 11.1 Å². The van der Waals surface area contributed by atoms with E-state index in [4.69, 9.17) is 10.4 Å². The molecular formula is C12H17N3O4. The third kappa shape index (κ3) is 4.79. The summed E-state index contributed by atoms with van der Waals surface area (Å²) in [4.78, 5) is 35.2. The van der Waals surface area contributed by atoms with Crippen LogP contribution in [0.3, 0.4) is 0 Å². The first-order chi connectivity index (χ1) is 8.72. The van der Waals surface area contributed by atoms with Crippen LogP contribution in [-0.2, 0) is 9.59 Å². The van der Waals surface area contributed by atoms with Gasteiger partial charge in [0.05, 0.1) is 12.5 Å². The minimum Gasteiger partial charge on any atom is -0.478 e. The quantitative estimate of drug-likeness (QED) is 0.734. The zero-order valence-corrected chi connectivity index (χ0v) is 11.4. The summed E-state index contributed by atoms with van der Waals surface area (Å²) in [7, 11) is 1.45. The smallest absolute Gasteiger partial charge is 0.331 e. The molecule has 0 saturated heterocycles. The number of amides is 3. The van der Waals surface area contributed by atoms with Crippen LogP contribution in [0.5, 0.6) is 0 Å². The van der Waals surface area contributed by atoms with Crippen molar-refractivity contribution in [1.29, 1.82) is 5.26 Å². The van der Waals surface area contributed by atoms with Gasteiger partial charge in [0, 0.05) is 24.2 Å². The fourth-order valence-corrected chi connectivity index (χ4v) is 1.08. The fourth-order valence-electron chi connectivity index (χ4n) is 1.08. The number of nitriles is 1. The minimum absolute atomic E-state index is 0.0396. The van der Waals surface area contributed by atoms with Gasteiger partial charge in [-0.15, -0.1) is 0 Å². The van der Waals surface area contributed by atoms with Crippen LogP contribution in [0.25, 0.3) is 0 Å². The van der Waals surface area contributed by atoms with Gasteiger partial charge >= 0.3 is 12.0 Å². The maximum atomic E-state index is 11.7. The van der Waals surface area contributed by atoms with E-state index in [1.807, 2.05) is 6.07 Å². The van der Waals surface area contributed by atoms with E-state index in [2.05, 4.69) is 5.32 Å². The van der Waals surface area contributed by atoms with E-state index < -0.39 is 17.9 Å². The first-order valence-corrected chi connectivity index (χ1v) is 5.58. The fraction of sp³-hybridized carbons (Fsp3) is 0.500. The summed E-state index contributed by atoms with van der Waals surface area (Å²) >= 11 is 0. The molecule has 0 saturated carbocycles. The van der Waals surface area contributed by atoms with E-state index in [0.29, 0.717) is 0 Å². The lowest BCUT2D eigenvalue weighted by Crippen LogP contribution is -2.45. The summed E-state index contributed by atoms with van der Waals surface area (Å²) in [5.74, 6) is -1.98. The van der Waals surface area contributed by atoms with Crippen LogP contribution in [0.4, 0.5) is 4.79 Å². The summed E-state index contributed by atoms with van der Waals surface area (Å²) < 4.78 is 0. The van der Waals surface area contributed by atoms with Crippen molar-refractivity contribution in [1.82, 2.24) is 10.2 Å². The average molecular weight is 267 g/mol. The van der Waals surface area contributed by atoms with Crippen molar-refractivity contribution in [2.24, 2.45) is 0 Å². The predicted octanol–water partition coefficient (Wildman–Crippen LogP) is 0.878. The highest BCUT2D eigenvalue weighted by molar-refractivity contribution is 6.07. The molecule has 0 fully saturated rings. The highest BCUT2D eigenvalue weighted by Gasteiger charge is 2.20. The number of urea groups is 1. The van der Waals surface area contributed by atoms with Crippen LogP contribution in [0.1, 0.15) is 27.2 Å².